The number of thiophene rings is 1. The summed E-state index contributed by atoms with van der Waals surface area (Å²) >= 11 is 0.963. The molecule has 7 nitrogen and oxygen atoms in total. The van der Waals surface area contributed by atoms with Gasteiger partial charge in [0.05, 0.1) is 12.7 Å². The van der Waals surface area contributed by atoms with E-state index in [1.54, 1.807) is 19.1 Å². The van der Waals surface area contributed by atoms with Gasteiger partial charge in [-0.1, -0.05) is 0 Å². The van der Waals surface area contributed by atoms with Gasteiger partial charge in [-0.3, -0.25) is 9.59 Å². The molecule has 0 unspecified atom stereocenters. The second-order valence-corrected chi connectivity index (χ2v) is 6.53. The zero-order valence-corrected chi connectivity index (χ0v) is 15.2. The zero-order chi connectivity index (χ0) is 18.7. The summed E-state index contributed by atoms with van der Waals surface area (Å²) in [7, 11) is 5.05. The van der Waals surface area contributed by atoms with Crippen molar-refractivity contribution < 1.29 is 19.1 Å². The first-order valence-corrected chi connectivity index (χ1v) is 8.18. The number of nitrogens with one attached hydrogen (secondary N) is 1. The van der Waals surface area contributed by atoms with Gasteiger partial charge >= 0.3 is 5.97 Å². The van der Waals surface area contributed by atoms with Gasteiger partial charge in [0.15, 0.2) is 0 Å². The number of ether oxygens (including phenoxy) is 1. The maximum absolute atomic E-state index is 12.4. The Balaban J connectivity index is 2.34. The van der Waals surface area contributed by atoms with Crippen LogP contribution in [0.1, 0.15) is 36.0 Å². The molecule has 25 heavy (non-hydrogen) atoms. The summed E-state index contributed by atoms with van der Waals surface area (Å²) in [5, 5.41) is 2.88. The Morgan fingerprint density at radius 1 is 1.16 bits per heavy atom. The van der Waals surface area contributed by atoms with Gasteiger partial charge in [0.25, 0.3) is 11.8 Å². The van der Waals surface area contributed by atoms with E-state index >= 15 is 0 Å². The topological polar surface area (TPSA) is 102 Å². The average molecular weight is 361 g/mol. The number of methoxy groups -OCH3 is 1. The second-order valence-electron chi connectivity index (χ2n) is 5.51. The highest BCUT2D eigenvalue weighted by molar-refractivity contribution is 7.18. The summed E-state index contributed by atoms with van der Waals surface area (Å²) in [5.74, 6) is -1.70. The number of rotatable bonds is 5. The van der Waals surface area contributed by atoms with E-state index in [2.05, 4.69) is 5.32 Å². The molecule has 3 N–H and O–H groups in total. The van der Waals surface area contributed by atoms with Crippen LogP contribution in [-0.2, 0) is 4.74 Å². The van der Waals surface area contributed by atoms with Crippen molar-refractivity contribution in [3.8, 4) is 0 Å². The summed E-state index contributed by atoms with van der Waals surface area (Å²) in [4.78, 5) is 38.1. The molecule has 0 radical (unpaired) electrons. The Morgan fingerprint density at radius 2 is 1.76 bits per heavy atom. The fourth-order valence-corrected chi connectivity index (χ4v) is 3.40. The molecule has 2 amide bonds. The lowest BCUT2D eigenvalue weighted by atomic mass is 10.1. The van der Waals surface area contributed by atoms with E-state index in [1.807, 2.05) is 31.1 Å². The molecule has 1 aromatic carbocycles. The number of carbonyl (C=O) groups excluding carboxylic acids is 3. The lowest BCUT2D eigenvalue weighted by Gasteiger charge is -2.12. The quantitative estimate of drug-likeness (QED) is 0.796. The molecule has 0 atom stereocenters. The Hall–Kier alpha value is -2.87. The van der Waals surface area contributed by atoms with Crippen molar-refractivity contribution in [2.45, 2.75) is 6.92 Å². The number of hydrogen-bond donors (Lipinski definition) is 2. The van der Waals surface area contributed by atoms with E-state index in [0.717, 1.165) is 17.0 Å². The number of anilines is 2. The highest BCUT2D eigenvalue weighted by atomic mass is 32.1. The predicted molar refractivity (Wildman–Crippen MR) is 97.6 cm³/mol. The van der Waals surface area contributed by atoms with E-state index in [1.165, 1.54) is 7.11 Å². The Labute approximate surface area is 149 Å². The highest BCUT2D eigenvalue weighted by Gasteiger charge is 2.25. The van der Waals surface area contributed by atoms with E-state index in [0.29, 0.717) is 11.1 Å². The Kier molecular flexibility index (Phi) is 5.43. The number of amides is 2. The van der Waals surface area contributed by atoms with Gasteiger partial charge in [-0.25, -0.2) is 4.79 Å². The fraction of sp³-hybridized carbons (Fsp3) is 0.235. The van der Waals surface area contributed by atoms with Crippen molar-refractivity contribution in [3.63, 3.8) is 0 Å². The standard InChI is InChI=1S/C17H19N3O4S/c1-9-12(14(18)21)16(25-13(9)17(23)24-4)19-15(22)10-5-7-11(8-6-10)20(2)3/h5-8H,1-4H3,(H2,18,21)(H,19,22). The van der Waals surface area contributed by atoms with E-state index in [9.17, 15) is 14.4 Å². The van der Waals surface area contributed by atoms with Crippen LogP contribution in [0.5, 0.6) is 0 Å². The van der Waals surface area contributed by atoms with Gasteiger partial charge in [-0.05, 0) is 36.8 Å². The van der Waals surface area contributed by atoms with Gasteiger partial charge < -0.3 is 20.7 Å². The van der Waals surface area contributed by atoms with E-state index in [4.69, 9.17) is 10.5 Å². The maximum atomic E-state index is 12.4. The molecule has 0 saturated heterocycles. The molecule has 1 heterocycles. The van der Waals surface area contributed by atoms with Gasteiger partial charge in [0.2, 0.25) is 0 Å². The summed E-state index contributed by atoms with van der Waals surface area (Å²) in [5.41, 5.74) is 7.28. The molecule has 0 aliphatic heterocycles. The molecule has 132 valence electrons. The summed E-state index contributed by atoms with van der Waals surface area (Å²) in [6.07, 6.45) is 0. The van der Waals surface area contributed by atoms with Gasteiger partial charge in [0, 0.05) is 25.3 Å². The molecule has 0 saturated carbocycles. The average Bonchev–Trinajstić information content (AvgIpc) is 2.90. The molecule has 1 aromatic heterocycles. The van der Waals surface area contributed by atoms with Crippen LogP contribution in [0.25, 0.3) is 0 Å². The first-order valence-electron chi connectivity index (χ1n) is 7.36. The van der Waals surface area contributed by atoms with Crippen molar-refractivity contribution >= 4 is 39.8 Å². The van der Waals surface area contributed by atoms with Crippen LogP contribution >= 0.6 is 11.3 Å². The molecular formula is C17H19N3O4S. The summed E-state index contributed by atoms with van der Waals surface area (Å²) in [6.45, 7) is 1.59. The van der Waals surface area contributed by atoms with E-state index in [-0.39, 0.29) is 15.4 Å². The molecular weight excluding hydrogens is 342 g/mol. The van der Waals surface area contributed by atoms with Crippen LogP contribution in [0.4, 0.5) is 10.7 Å². The molecule has 2 rings (SSSR count). The van der Waals surface area contributed by atoms with Crippen molar-refractivity contribution in [2.75, 3.05) is 31.4 Å². The van der Waals surface area contributed by atoms with Gasteiger partial charge in [-0.15, -0.1) is 11.3 Å². The minimum Gasteiger partial charge on any atom is -0.465 e. The first kappa shape index (κ1) is 18.5. The van der Waals surface area contributed by atoms with Gasteiger partial charge in [-0.2, -0.15) is 0 Å². The number of primary amides is 1. The molecule has 0 aliphatic carbocycles. The van der Waals surface area contributed by atoms with Crippen molar-refractivity contribution in [3.05, 3.63) is 45.8 Å². The smallest absolute Gasteiger partial charge is 0.348 e. The van der Waals surface area contributed by atoms with Crippen molar-refractivity contribution in [1.82, 2.24) is 0 Å². The highest BCUT2D eigenvalue weighted by Crippen LogP contribution is 2.33. The zero-order valence-electron chi connectivity index (χ0n) is 14.4. The molecule has 0 fully saturated rings. The monoisotopic (exact) mass is 361 g/mol. The Morgan fingerprint density at radius 3 is 2.24 bits per heavy atom. The first-order chi connectivity index (χ1) is 11.8. The van der Waals surface area contributed by atoms with Gasteiger partial charge in [0.1, 0.15) is 9.88 Å². The lowest BCUT2D eigenvalue weighted by molar-refractivity contribution is 0.0605. The van der Waals surface area contributed by atoms with Crippen LogP contribution in [-0.4, -0.2) is 39.0 Å². The number of nitrogens with two attached hydrogens (primary N) is 1. The van der Waals surface area contributed by atoms with Crippen LogP contribution in [0.2, 0.25) is 0 Å². The second kappa shape index (κ2) is 7.35. The number of esters is 1. The summed E-state index contributed by atoms with van der Waals surface area (Å²) in [6, 6.07) is 6.97. The molecule has 0 aliphatic rings. The van der Waals surface area contributed by atoms with Crippen LogP contribution in [0.15, 0.2) is 24.3 Å². The third kappa shape index (κ3) is 3.80. The lowest BCUT2D eigenvalue weighted by Crippen LogP contribution is -2.17. The Bertz CT molecular complexity index is 825. The van der Waals surface area contributed by atoms with Crippen molar-refractivity contribution in [1.29, 1.82) is 0 Å². The minimum atomic E-state index is -0.720. The predicted octanol–water partition coefficient (Wildman–Crippen LogP) is 2.26. The van der Waals surface area contributed by atoms with Crippen LogP contribution in [0.3, 0.4) is 0 Å². The molecule has 0 spiro atoms. The van der Waals surface area contributed by atoms with E-state index < -0.39 is 17.8 Å². The fourth-order valence-electron chi connectivity index (χ4n) is 2.27. The van der Waals surface area contributed by atoms with Crippen molar-refractivity contribution in [2.24, 2.45) is 5.73 Å². The number of nitrogens with zero attached hydrogens (tertiary/aromatic N) is 1. The molecule has 2 aromatic rings. The third-order valence-electron chi connectivity index (χ3n) is 3.64. The molecule has 0 bridgehead atoms. The normalized spacial score (nSPS) is 10.2. The minimum absolute atomic E-state index is 0.115. The number of carbonyl (C=O) groups is 3. The third-order valence-corrected chi connectivity index (χ3v) is 4.82. The van der Waals surface area contributed by atoms with Crippen LogP contribution in [0, 0.1) is 6.92 Å². The number of hydrogen-bond acceptors (Lipinski definition) is 6. The molecule has 8 heteroatoms. The summed E-state index contributed by atoms with van der Waals surface area (Å²) < 4.78 is 4.69. The number of benzene rings is 1. The maximum Gasteiger partial charge on any atom is 0.348 e. The van der Waals surface area contributed by atoms with Crippen LogP contribution < -0.4 is 16.0 Å². The SMILES string of the molecule is COC(=O)c1sc(NC(=O)c2ccc(N(C)C)cc2)c(C(N)=O)c1C. The largest absolute Gasteiger partial charge is 0.465 e.